The second kappa shape index (κ2) is 5.63. The summed E-state index contributed by atoms with van der Waals surface area (Å²) in [6, 6.07) is 4.49. The highest BCUT2D eigenvalue weighted by molar-refractivity contribution is 14.1. The van der Waals surface area contributed by atoms with Crippen LogP contribution in [0.3, 0.4) is 0 Å². The van der Waals surface area contributed by atoms with Crippen molar-refractivity contribution in [2.24, 2.45) is 5.73 Å². The average Bonchev–Trinajstić information content (AvgIpc) is 2.29. The number of benzene rings is 1. The van der Waals surface area contributed by atoms with Gasteiger partial charge in [-0.15, -0.1) is 0 Å². The maximum absolute atomic E-state index is 12.1. The molecule has 1 unspecified atom stereocenters. The van der Waals surface area contributed by atoms with Crippen molar-refractivity contribution < 1.29 is 9.90 Å². The van der Waals surface area contributed by atoms with Crippen molar-refractivity contribution >= 4 is 45.7 Å². The van der Waals surface area contributed by atoms with Crippen LogP contribution in [0.2, 0.25) is 0 Å². The number of hydrogen-bond donors (Lipinski definition) is 2. The van der Waals surface area contributed by atoms with Crippen LogP contribution < -0.4 is 5.73 Å². The number of rotatable bonds is 3. The average molecular weight is 364 g/mol. The van der Waals surface area contributed by atoms with Crippen molar-refractivity contribution in [3.8, 4) is 5.75 Å². The first-order valence-electron chi connectivity index (χ1n) is 4.89. The van der Waals surface area contributed by atoms with Gasteiger partial charge in [-0.25, -0.2) is 0 Å². The molecule has 0 spiro atoms. The van der Waals surface area contributed by atoms with E-state index in [4.69, 9.17) is 18.0 Å². The minimum Gasteiger partial charge on any atom is -0.507 e. The fourth-order valence-electron chi connectivity index (χ4n) is 1.24. The van der Waals surface area contributed by atoms with Crippen LogP contribution in [0.25, 0.3) is 0 Å². The van der Waals surface area contributed by atoms with Gasteiger partial charge in [-0.3, -0.25) is 4.79 Å². The molecule has 0 radical (unpaired) electrons. The Labute approximate surface area is 119 Å². The second-order valence-corrected chi connectivity index (χ2v) is 5.37. The van der Waals surface area contributed by atoms with Crippen LogP contribution in [0.5, 0.6) is 5.75 Å². The SMILES string of the molecule is CC(C(N)=S)N(C)C(=O)c1cc(I)ccc1O. The summed E-state index contributed by atoms with van der Waals surface area (Å²) in [4.78, 5) is 13.8. The number of hydrogen-bond acceptors (Lipinski definition) is 3. The zero-order chi connectivity index (χ0) is 13.2. The lowest BCUT2D eigenvalue weighted by atomic mass is 10.1. The van der Waals surface area contributed by atoms with Crippen molar-refractivity contribution in [2.45, 2.75) is 13.0 Å². The van der Waals surface area contributed by atoms with Crippen LogP contribution in [-0.4, -0.2) is 34.0 Å². The Morgan fingerprint density at radius 1 is 1.59 bits per heavy atom. The predicted octanol–water partition coefficient (Wildman–Crippen LogP) is 1.74. The molecule has 4 nitrogen and oxygen atoms in total. The standard InChI is InChI=1S/C11H13IN2O2S/c1-6(10(13)17)14(2)11(16)8-5-7(12)3-4-9(8)15/h3-6,15H,1-2H3,(H2,13,17). The smallest absolute Gasteiger partial charge is 0.257 e. The van der Waals surface area contributed by atoms with Crippen LogP contribution in [0.4, 0.5) is 0 Å². The summed E-state index contributed by atoms with van der Waals surface area (Å²) in [5.74, 6) is -0.348. The molecule has 0 fully saturated rings. The van der Waals surface area contributed by atoms with Gasteiger partial charge < -0.3 is 15.7 Å². The summed E-state index contributed by atoms with van der Waals surface area (Å²) in [5, 5.41) is 9.66. The molecule has 1 aromatic rings. The van der Waals surface area contributed by atoms with E-state index in [0.717, 1.165) is 3.57 Å². The largest absolute Gasteiger partial charge is 0.507 e. The van der Waals surface area contributed by atoms with E-state index in [-0.39, 0.29) is 28.3 Å². The van der Waals surface area contributed by atoms with Crippen molar-refractivity contribution in [1.29, 1.82) is 0 Å². The van der Waals surface area contributed by atoms with Gasteiger partial charge in [0.25, 0.3) is 5.91 Å². The Bertz CT molecular complexity index is 465. The molecule has 0 aliphatic carbocycles. The number of phenolic OH excluding ortho intramolecular Hbond substituents is 1. The number of nitrogens with two attached hydrogens (primary N) is 1. The molecule has 6 heteroatoms. The van der Waals surface area contributed by atoms with Gasteiger partial charge in [-0.1, -0.05) is 12.2 Å². The molecule has 1 atom stereocenters. The molecular weight excluding hydrogens is 351 g/mol. The lowest BCUT2D eigenvalue weighted by Gasteiger charge is -2.24. The summed E-state index contributed by atoms with van der Waals surface area (Å²) in [7, 11) is 1.60. The number of amides is 1. The molecule has 0 aromatic heterocycles. The normalized spacial score (nSPS) is 11.9. The third kappa shape index (κ3) is 3.29. The molecule has 0 aliphatic rings. The first kappa shape index (κ1) is 14.2. The Hall–Kier alpha value is -0.890. The van der Waals surface area contributed by atoms with E-state index in [9.17, 15) is 9.90 Å². The summed E-state index contributed by atoms with van der Waals surface area (Å²) in [6.07, 6.45) is 0. The van der Waals surface area contributed by atoms with Crippen LogP contribution in [-0.2, 0) is 0 Å². The van der Waals surface area contributed by atoms with Crippen molar-refractivity contribution in [3.05, 3.63) is 27.3 Å². The fraction of sp³-hybridized carbons (Fsp3) is 0.273. The summed E-state index contributed by atoms with van der Waals surface area (Å²) < 4.78 is 0.875. The van der Waals surface area contributed by atoms with E-state index < -0.39 is 0 Å². The Kier molecular flexibility index (Phi) is 4.70. The van der Waals surface area contributed by atoms with Crippen LogP contribution in [0.1, 0.15) is 17.3 Å². The van der Waals surface area contributed by atoms with Gasteiger partial charge in [0.05, 0.1) is 16.6 Å². The lowest BCUT2D eigenvalue weighted by molar-refractivity contribution is 0.0776. The van der Waals surface area contributed by atoms with E-state index in [1.807, 2.05) is 0 Å². The topological polar surface area (TPSA) is 66.6 Å². The first-order valence-corrected chi connectivity index (χ1v) is 6.38. The van der Waals surface area contributed by atoms with E-state index >= 15 is 0 Å². The number of aromatic hydroxyl groups is 1. The number of phenols is 1. The highest BCUT2D eigenvalue weighted by atomic mass is 127. The molecule has 0 saturated carbocycles. The molecule has 17 heavy (non-hydrogen) atoms. The first-order chi connectivity index (χ1) is 7.84. The maximum Gasteiger partial charge on any atom is 0.257 e. The van der Waals surface area contributed by atoms with Crippen molar-refractivity contribution in [3.63, 3.8) is 0 Å². The molecule has 0 aliphatic heterocycles. The molecule has 0 bridgehead atoms. The summed E-state index contributed by atoms with van der Waals surface area (Å²) in [6.45, 7) is 1.74. The minimum absolute atomic E-state index is 0.0441. The number of likely N-dealkylation sites (N-methyl/N-ethyl adjacent to an activating group) is 1. The second-order valence-electron chi connectivity index (χ2n) is 3.66. The van der Waals surface area contributed by atoms with Gasteiger partial charge in [0, 0.05) is 10.6 Å². The lowest BCUT2D eigenvalue weighted by Crippen LogP contribution is -2.42. The third-order valence-electron chi connectivity index (χ3n) is 2.50. The number of halogens is 1. The van der Waals surface area contributed by atoms with Gasteiger partial charge in [0.1, 0.15) is 5.75 Å². The molecule has 92 valence electrons. The molecule has 1 aromatic carbocycles. The van der Waals surface area contributed by atoms with Gasteiger partial charge in [0.2, 0.25) is 0 Å². The molecule has 3 N–H and O–H groups in total. The Morgan fingerprint density at radius 2 is 2.18 bits per heavy atom. The van der Waals surface area contributed by atoms with E-state index in [1.54, 1.807) is 26.1 Å². The monoisotopic (exact) mass is 364 g/mol. The number of nitrogens with zero attached hydrogens (tertiary/aromatic N) is 1. The minimum atomic E-state index is -0.352. The third-order valence-corrected chi connectivity index (χ3v) is 3.51. The van der Waals surface area contributed by atoms with Crippen LogP contribution in [0, 0.1) is 3.57 Å². The zero-order valence-electron chi connectivity index (χ0n) is 9.48. The quantitative estimate of drug-likeness (QED) is 0.634. The number of carbonyl (C=O) groups is 1. The van der Waals surface area contributed by atoms with Gasteiger partial charge in [0.15, 0.2) is 0 Å². The van der Waals surface area contributed by atoms with E-state index in [1.165, 1.54) is 11.0 Å². The number of thiocarbonyl (C=S) groups is 1. The highest BCUT2D eigenvalue weighted by Gasteiger charge is 2.21. The predicted molar refractivity (Wildman–Crippen MR) is 79.2 cm³/mol. The van der Waals surface area contributed by atoms with Crippen molar-refractivity contribution in [2.75, 3.05) is 7.05 Å². The summed E-state index contributed by atoms with van der Waals surface area (Å²) in [5.41, 5.74) is 5.75. The van der Waals surface area contributed by atoms with Gasteiger partial charge in [-0.05, 0) is 47.7 Å². The zero-order valence-corrected chi connectivity index (χ0v) is 12.4. The van der Waals surface area contributed by atoms with E-state index in [2.05, 4.69) is 22.6 Å². The fourth-order valence-corrected chi connectivity index (χ4v) is 1.89. The van der Waals surface area contributed by atoms with E-state index in [0.29, 0.717) is 0 Å². The maximum atomic E-state index is 12.1. The Balaban J connectivity index is 3.04. The molecule has 0 saturated heterocycles. The summed E-state index contributed by atoms with van der Waals surface area (Å²) >= 11 is 6.92. The molecule has 1 rings (SSSR count). The van der Waals surface area contributed by atoms with Crippen molar-refractivity contribution in [1.82, 2.24) is 4.90 Å². The van der Waals surface area contributed by atoms with Crippen LogP contribution >= 0.6 is 34.8 Å². The molecular formula is C11H13IN2O2S. The highest BCUT2D eigenvalue weighted by Crippen LogP contribution is 2.21. The van der Waals surface area contributed by atoms with Crippen LogP contribution in [0.15, 0.2) is 18.2 Å². The van der Waals surface area contributed by atoms with Gasteiger partial charge >= 0.3 is 0 Å². The number of carbonyl (C=O) groups excluding carboxylic acids is 1. The molecule has 0 heterocycles. The molecule has 1 amide bonds. The van der Waals surface area contributed by atoms with Gasteiger partial charge in [-0.2, -0.15) is 0 Å². The Morgan fingerprint density at radius 3 is 2.71 bits per heavy atom.